The van der Waals surface area contributed by atoms with Crippen molar-refractivity contribution in [3.05, 3.63) is 36.6 Å². The number of aromatic nitrogens is 2. The van der Waals surface area contributed by atoms with Gasteiger partial charge in [-0.25, -0.2) is 14.8 Å². The van der Waals surface area contributed by atoms with Gasteiger partial charge < -0.3 is 15.5 Å². The summed E-state index contributed by atoms with van der Waals surface area (Å²) in [6.07, 6.45) is 6.16. The first-order chi connectivity index (χ1) is 10.1. The monoisotopic (exact) mass is 285 g/mol. The van der Waals surface area contributed by atoms with E-state index in [2.05, 4.69) is 27.2 Å². The van der Waals surface area contributed by atoms with Crippen molar-refractivity contribution in [1.82, 2.24) is 25.5 Å². The van der Waals surface area contributed by atoms with Crippen molar-refractivity contribution in [2.45, 2.75) is 24.4 Å². The Morgan fingerprint density at radius 1 is 1.29 bits per heavy atom. The van der Waals surface area contributed by atoms with Gasteiger partial charge in [0, 0.05) is 36.1 Å². The minimum atomic E-state index is -0.708. The van der Waals surface area contributed by atoms with E-state index in [0.29, 0.717) is 19.4 Å². The highest BCUT2D eigenvalue weighted by Gasteiger charge is 2.61. The molecule has 2 bridgehead atoms. The van der Waals surface area contributed by atoms with Crippen molar-refractivity contribution in [3.8, 4) is 0 Å². The van der Waals surface area contributed by atoms with Crippen LogP contribution in [0.3, 0.4) is 0 Å². The van der Waals surface area contributed by atoms with E-state index < -0.39 is 5.54 Å². The maximum Gasteiger partial charge on any atom is 0.318 e. The van der Waals surface area contributed by atoms with Gasteiger partial charge in [-0.3, -0.25) is 4.79 Å². The molecule has 1 atom stereocenters. The zero-order valence-corrected chi connectivity index (χ0v) is 11.4. The first-order valence-electron chi connectivity index (χ1n) is 6.93. The van der Waals surface area contributed by atoms with Gasteiger partial charge in [0.2, 0.25) is 5.91 Å². The quantitative estimate of drug-likeness (QED) is 0.820. The van der Waals surface area contributed by atoms with E-state index in [-0.39, 0.29) is 23.9 Å². The van der Waals surface area contributed by atoms with E-state index >= 15 is 0 Å². The van der Waals surface area contributed by atoms with Crippen LogP contribution in [0.5, 0.6) is 0 Å². The smallest absolute Gasteiger partial charge is 0.318 e. The Kier molecular flexibility index (Phi) is 2.36. The lowest BCUT2D eigenvalue weighted by atomic mass is 9.62. The number of rotatable bonds is 2. The van der Waals surface area contributed by atoms with Crippen LogP contribution in [0.4, 0.5) is 4.79 Å². The standard InChI is InChI=1S/C14H15N5O2/c1-8-9-2-14(3-9,12(20)17-8)19-6-11(18-13(19)21)10-4-15-7-16-5-10/h4-5,7,9,11H,1-3,6H2,(H,17,20)(H,18,21). The molecule has 1 aromatic rings. The zero-order valence-electron chi connectivity index (χ0n) is 11.4. The summed E-state index contributed by atoms with van der Waals surface area (Å²) in [5, 5.41) is 5.70. The lowest BCUT2D eigenvalue weighted by Crippen LogP contribution is -2.70. The van der Waals surface area contributed by atoms with Gasteiger partial charge in [0.1, 0.15) is 11.9 Å². The second-order valence-electron chi connectivity index (χ2n) is 5.90. The van der Waals surface area contributed by atoms with Crippen molar-refractivity contribution in [3.63, 3.8) is 0 Å². The fourth-order valence-corrected chi connectivity index (χ4v) is 3.48. The number of nitrogens with one attached hydrogen (secondary N) is 2. The number of carbonyl (C=O) groups is 2. The molecule has 0 spiro atoms. The number of carbonyl (C=O) groups excluding carboxylic acids is 2. The van der Waals surface area contributed by atoms with Crippen molar-refractivity contribution < 1.29 is 9.59 Å². The average Bonchev–Trinajstić information content (AvgIpc) is 2.81. The first kappa shape index (κ1) is 12.3. The van der Waals surface area contributed by atoms with Crippen LogP contribution in [0.25, 0.3) is 0 Å². The van der Waals surface area contributed by atoms with Gasteiger partial charge in [-0.15, -0.1) is 0 Å². The molecule has 0 radical (unpaired) electrons. The summed E-state index contributed by atoms with van der Waals surface area (Å²) in [5.41, 5.74) is 0.913. The number of fused-ring (bicyclic) bond motifs is 2. The molecule has 4 fully saturated rings. The molecule has 3 saturated heterocycles. The largest absolute Gasteiger partial charge is 0.329 e. The van der Waals surface area contributed by atoms with Crippen LogP contribution in [0, 0.1) is 5.92 Å². The fourth-order valence-electron chi connectivity index (χ4n) is 3.48. The first-order valence-corrected chi connectivity index (χ1v) is 6.93. The molecule has 4 aliphatic rings. The van der Waals surface area contributed by atoms with Crippen LogP contribution >= 0.6 is 0 Å². The molecule has 21 heavy (non-hydrogen) atoms. The van der Waals surface area contributed by atoms with E-state index in [1.54, 1.807) is 17.3 Å². The van der Waals surface area contributed by atoms with E-state index in [0.717, 1.165) is 11.3 Å². The van der Waals surface area contributed by atoms with E-state index in [1.165, 1.54) is 6.33 Å². The molecule has 7 nitrogen and oxygen atoms in total. The summed E-state index contributed by atoms with van der Waals surface area (Å²) < 4.78 is 0. The second-order valence-corrected chi connectivity index (χ2v) is 5.90. The molecular weight excluding hydrogens is 270 g/mol. The van der Waals surface area contributed by atoms with Crippen molar-refractivity contribution in [1.29, 1.82) is 0 Å². The van der Waals surface area contributed by atoms with Crippen molar-refractivity contribution in [2.75, 3.05) is 6.54 Å². The molecule has 2 N–H and O–H groups in total. The third-order valence-electron chi connectivity index (χ3n) is 4.77. The molecular formula is C14H15N5O2. The summed E-state index contributed by atoms with van der Waals surface area (Å²) in [5.74, 6) is 0.171. The molecule has 7 heteroatoms. The number of hydrogen-bond acceptors (Lipinski definition) is 4. The average molecular weight is 285 g/mol. The molecule has 1 unspecified atom stereocenters. The van der Waals surface area contributed by atoms with Gasteiger partial charge in [-0.1, -0.05) is 6.58 Å². The molecule has 1 saturated carbocycles. The Labute approximate surface area is 121 Å². The molecule has 3 amide bonds. The Morgan fingerprint density at radius 2 is 2.00 bits per heavy atom. The maximum absolute atomic E-state index is 12.3. The lowest BCUT2D eigenvalue weighted by Gasteiger charge is -2.55. The van der Waals surface area contributed by atoms with Crippen LogP contribution in [-0.4, -0.2) is 38.9 Å². The van der Waals surface area contributed by atoms with Gasteiger partial charge in [0.25, 0.3) is 0 Å². The van der Waals surface area contributed by atoms with E-state index in [9.17, 15) is 9.59 Å². The SMILES string of the molecule is C=C1NC(=O)C2(N3CC(c4cncnc4)NC3=O)CC1C2. The highest BCUT2D eigenvalue weighted by molar-refractivity contribution is 5.95. The number of allylic oxidation sites excluding steroid dienone is 1. The molecule has 108 valence electrons. The Morgan fingerprint density at radius 3 is 2.67 bits per heavy atom. The third kappa shape index (κ3) is 1.60. The minimum Gasteiger partial charge on any atom is -0.329 e. The van der Waals surface area contributed by atoms with Gasteiger partial charge in [0.15, 0.2) is 0 Å². The second kappa shape index (κ2) is 4.03. The molecule has 5 rings (SSSR count). The van der Waals surface area contributed by atoms with Gasteiger partial charge in [0.05, 0.1) is 6.04 Å². The Bertz CT molecular complexity index is 638. The predicted octanol–water partition coefficient (Wildman–Crippen LogP) is 0.335. The van der Waals surface area contributed by atoms with E-state index in [1.807, 2.05) is 0 Å². The summed E-state index contributed by atoms with van der Waals surface area (Å²) in [7, 11) is 0. The number of piperidine rings is 2. The highest BCUT2D eigenvalue weighted by Crippen LogP contribution is 2.50. The molecule has 3 aliphatic heterocycles. The topological polar surface area (TPSA) is 87.2 Å². The van der Waals surface area contributed by atoms with E-state index in [4.69, 9.17) is 0 Å². The van der Waals surface area contributed by atoms with Gasteiger partial charge in [-0.2, -0.15) is 0 Å². The summed E-state index contributed by atoms with van der Waals surface area (Å²) in [4.78, 5) is 34.2. The van der Waals surface area contributed by atoms with Crippen molar-refractivity contribution in [2.24, 2.45) is 5.92 Å². The molecule has 1 aliphatic carbocycles. The summed E-state index contributed by atoms with van der Waals surface area (Å²) in [6, 6.07) is -0.380. The number of amides is 3. The van der Waals surface area contributed by atoms with Gasteiger partial charge in [-0.05, 0) is 12.8 Å². The number of urea groups is 1. The van der Waals surface area contributed by atoms with Crippen LogP contribution in [0.2, 0.25) is 0 Å². The normalized spacial score (nSPS) is 34.3. The molecule has 1 aromatic heterocycles. The Balaban J connectivity index is 1.59. The predicted molar refractivity (Wildman–Crippen MR) is 72.7 cm³/mol. The molecule has 4 heterocycles. The summed E-state index contributed by atoms with van der Waals surface area (Å²) in [6.45, 7) is 4.31. The third-order valence-corrected chi connectivity index (χ3v) is 4.77. The zero-order chi connectivity index (χ0) is 14.6. The Hall–Kier alpha value is -2.44. The van der Waals surface area contributed by atoms with Crippen LogP contribution in [-0.2, 0) is 4.79 Å². The van der Waals surface area contributed by atoms with Crippen LogP contribution < -0.4 is 10.6 Å². The fraction of sp³-hybridized carbons (Fsp3) is 0.429. The number of nitrogens with zero attached hydrogens (tertiary/aromatic N) is 3. The van der Waals surface area contributed by atoms with Crippen LogP contribution in [0.15, 0.2) is 31.0 Å². The van der Waals surface area contributed by atoms with Crippen LogP contribution in [0.1, 0.15) is 24.4 Å². The number of hydrogen-bond donors (Lipinski definition) is 2. The van der Waals surface area contributed by atoms with Gasteiger partial charge >= 0.3 is 6.03 Å². The minimum absolute atomic E-state index is 0.116. The molecule has 0 aromatic carbocycles. The lowest BCUT2D eigenvalue weighted by molar-refractivity contribution is -0.143. The highest BCUT2D eigenvalue weighted by atomic mass is 16.2. The summed E-state index contributed by atoms with van der Waals surface area (Å²) >= 11 is 0. The maximum atomic E-state index is 12.3. The van der Waals surface area contributed by atoms with Crippen molar-refractivity contribution >= 4 is 11.9 Å².